The van der Waals surface area contributed by atoms with E-state index in [0.29, 0.717) is 16.5 Å². The molecule has 1 fully saturated rings. The summed E-state index contributed by atoms with van der Waals surface area (Å²) in [5, 5.41) is 48.7. The van der Waals surface area contributed by atoms with Crippen molar-refractivity contribution >= 4 is 75.3 Å². The lowest BCUT2D eigenvalue weighted by Gasteiger charge is -2.50. The number of hydrogen-bond donors (Lipinski definition) is 7. The number of carbonyl (C=O) groups is 4. The van der Waals surface area contributed by atoms with Crippen molar-refractivity contribution in [1.29, 1.82) is 0 Å². The van der Waals surface area contributed by atoms with Gasteiger partial charge in [0.05, 0.1) is 17.2 Å². The fraction of sp³-hybridized carbons (Fsp3) is 0.286. The number of aliphatic carboxylic acids is 2. The summed E-state index contributed by atoms with van der Waals surface area (Å²) in [6.07, 6.45) is 0.578. The topological polar surface area (TPSA) is 297 Å². The molecule has 2 amide bonds. The van der Waals surface area contributed by atoms with Gasteiger partial charge in [-0.1, -0.05) is 11.2 Å². The highest BCUT2D eigenvalue weighted by Crippen LogP contribution is 2.41. The van der Waals surface area contributed by atoms with Crippen molar-refractivity contribution < 1.29 is 49.1 Å². The number of benzene rings is 1. The minimum atomic E-state index is -1.83. The number of fused-ring (bicyclic) bond motifs is 2. The lowest BCUT2D eigenvalue weighted by Crippen LogP contribution is -2.71. The summed E-state index contributed by atoms with van der Waals surface area (Å²) in [6, 6.07) is 1.97. The molecule has 0 radical (unpaired) electrons. The number of phenolic OH excluding ortho intramolecular Hbond substituents is 2. The van der Waals surface area contributed by atoms with Gasteiger partial charge in [-0.25, -0.2) is 9.78 Å². The number of hydrogen-bond acceptors (Lipinski definition) is 17. The normalized spacial score (nSPS) is 19.1. The summed E-state index contributed by atoms with van der Waals surface area (Å²) in [4.78, 5) is 65.7. The Morgan fingerprint density at radius 1 is 1.22 bits per heavy atom. The number of nitrogens with zero attached hydrogens (tertiary/aromatic N) is 5. The predicted octanol–water partition coefficient (Wildman–Crippen LogP) is -1.65. The third kappa shape index (κ3) is 6.34. The quantitative estimate of drug-likeness (QED) is 0.0170. The first kappa shape index (κ1) is 33.6. The van der Waals surface area contributed by atoms with Crippen molar-refractivity contribution in [3.63, 3.8) is 0 Å². The zero-order valence-corrected chi connectivity index (χ0v) is 27.5. The molecular formula is C28H27N9O9S3. The number of carboxylic acids is 2. The number of anilines is 2. The molecule has 1 aromatic carbocycles. The van der Waals surface area contributed by atoms with Gasteiger partial charge in [-0.3, -0.25) is 20.3 Å². The number of aromatic hydroxyl groups is 2. The first-order chi connectivity index (χ1) is 23.3. The molecule has 4 heterocycles. The molecule has 0 bridgehead atoms. The number of aromatic nitrogens is 3. The van der Waals surface area contributed by atoms with Crippen LogP contribution in [-0.2, 0) is 36.9 Å². The number of carboxylic acid groups (broad SMARTS) is 2. The highest BCUT2D eigenvalue weighted by Gasteiger charge is 2.53. The van der Waals surface area contributed by atoms with Gasteiger partial charge in [-0.2, -0.15) is 0 Å². The first-order valence-corrected chi connectivity index (χ1v) is 17.3. The predicted molar refractivity (Wildman–Crippen MR) is 173 cm³/mol. The van der Waals surface area contributed by atoms with Crippen LogP contribution in [0.2, 0.25) is 0 Å². The van der Waals surface area contributed by atoms with Gasteiger partial charge in [0.1, 0.15) is 22.8 Å². The van der Waals surface area contributed by atoms with Gasteiger partial charge in [0.2, 0.25) is 11.9 Å². The largest absolute Gasteiger partial charge is 0.543 e. The molecule has 21 heteroatoms. The Balaban J connectivity index is 1.20. The first-order valence-electron chi connectivity index (χ1n) is 14.4. The molecule has 1 aliphatic carbocycles. The summed E-state index contributed by atoms with van der Waals surface area (Å²) >= 11 is 3.34. The van der Waals surface area contributed by atoms with E-state index in [-0.39, 0.29) is 33.6 Å². The molecule has 0 unspecified atom stereocenters. The van der Waals surface area contributed by atoms with Crippen molar-refractivity contribution in [1.82, 2.24) is 20.2 Å². The summed E-state index contributed by atoms with van der Waals surface area (Å²) in [6.45, 7) is 0. The Hall–Kier alpha value is -5.28. The van der Waals surface area contributed by atoms with E-state index >= 15 is 0 Å². The standard InChI is InChI=1S/C28H27N9O9S3/c29-21-12-2-1-3-14(12)37(31)28(34-21)49-8-11-7-47-24-18(23(41)36(24)19(11)25(42)43)33-22(40)17(13-9-48-27(30)32-13)35-46-20(26(44)45)10-4-5-15(38)16(39)6-10/h4-6,9,18,20,24,29H,1-3,7-8,31H2,(H7,30,32,33,35,38,39,40,42,43,44,45)/t18-,20+,24-/m1/s1. The maximum Gasteiger partial charge on any atom is 0.385 e. The second kappa shape index (κ2) is 13.3. The van der Waals surface area contributed by atoms with Crippen molar-refractivity contribution in [2.75, 3.05) is 28.8 Å². The van der Waals surface area contributed by atoms with Gasteiger partial charge in [0, 0.05) is 28.9 Å². The average Bonchev–Trinajstić information content (AvgIpc) is 3.73. The molecule has 3 aliphatic rings. The number of oxime groups is 1. The molecule has 3 atom stereocenters. The van der Waals surface area contributed by atoms with Gasteiger partial charge in [0.15, 0.2) is 22.3 Å². The molecule has 0 saturated carbocycles. The van der Waals surface area contributed by atoms with Crippen LogP contribution in [0.3, 0.4) is 0 Å². The molecule has 1 saturated heterocycles. The van der Waals surface area contributed by atoms with Gasteiger partial charge >= 0.3 is 11.1 Å². The van der Waals surface area contributed by atoms with Crippen LogP contribution >= 0.6 is 34.9 Å². The zero-order chi connectivity index (χ0) is 35.1. The second-order valence-electron chi connectivity index (χ2n) is 10.9. The molecule has 256 valence electrons. The van der Waals surface area contributed by atoms with Crippen LogP contribution in [-0.4, -0.2) is 82.6 Å². The fourth-order valence-electron chi connectivity index (χ4n) is 5.51. The van der Waals surface area contributed by atoms with E-state index in [4.69, 9.17) is 22.1 Å². The SMILES string of the molecule is Nc1nc(/C(=N/O[C@H](C(=O)O)c2ccc(O)c(O)c2)C(=O)N[C@@H]2C(=O)N3C(C(=O)[O-])=C(CSc4nc(N)c5c([n+]4N)CCC5)CS[C@H]23)cs1. The summed E-state index contributed by atoms with van der Waals surface area (Å²) in [7, 11) is 0. The number of phenols is 2. The van der Waals surface area contributed by atoms with E-state index in [2.05, 4.69) is 20.4 Å². The Bertz CT molecular complexity index is 1970. The number of thiazole rings is 1. The summed E-state index contributed by atoms with van der Waals surface area (Å²) < 4.78 is 1.45. The fourth-order valence-corrected chi connectivity index (χ4v) is 8.49. The smallest absolute Gasteiger partial charge is 0.385 e. The van der Waals surface area contributed by atoms with Gasteiger partial charge in [-0.05, 0) is 47.3 Å². The molecule has 3 aromatic rings. The minimum Gasteiger partial charge on any atom is -0.543 e. The van der Waals surface area contributed by atoms with Crippen LogP contribution in [0.5, 0.6) is 11.5 Å². The third-order valence-electron chi connectivity index (χ3n) is 7.87. The Morgan fingerprint density at radius 2 is 2.00 bits per heavy atom. The van der Waals surface area contributed by atoms with E-state index in [1.54, 1.807) is 0 Å². The van der Waals surface area contributed by atoms with E-state index in [0.717, 1.165) is 58.9 Å². The monoisotopic (exact) mass is 729 g/mol. The van der Waals surface area contributed by atoms with E-state index < -0.39 is 58.5 Å². The lowest BCUT2D eigenvalue weighted by atomic mass is 10.0. The number of nitrogen functional groups attached to an aromatic ring is 3. The molecular weight excluding hydrogens is 703 g/mol. The molecule has 0 spiro atoms. The minimum absolute atomic E-state index is 0.0505. The molecule has 6 rings (SSSR count). The highest BCUT2D eigenvalue weighted by atomic mass is 32.2. The third-order valence-corrected chi connectivity index (χ3v) is 10.9. The maximum absolute atomic E-state index is 13.5. The van der Waals surface area contributed by atoms with E-state index in [1.165, 1.54) is 39.6 Å². The lowest BCUT2D eigenvalue weighted by molar-refractivity contribution is -0.689. The van der Waals surface area contributed by atoms with Crippen LogP contribution in [0, 0.1) is 0 Å². The zero-order valence-electron chi connectivity index (χ0n) is 25.1. The maximum atomic E-state index is 13.5. The molecule has 2 aliphatic heterocycles. The van der Waals surface area contributed by atoms with E-state index in [1.807, 2.05) is 0 Å². The molecule has 49 heavy (non-hydrogen) atoms. The van der Waals surface area contributed by atoms with Crippen molar-refractivity contribution in [2.24, 2.45) is 5.16 Å². The number of nitrogens with two attached hydrogens (primary N) is 3. The molecule has 10 N–H and O–H groups in total. The number of carbonyl (C=O) groups excluding carboxylic acids is 3. The molecule has 2 aromatic heterocycles. The number of amides is 2. The Labute approximate surface area is 288 Å². The van der Waals surface area contributed by atoms with Gasteiger partial charge in [0.25, 0.3) is 11.8 Å². The Kier molecular flexibility index (Phi) is 9.14. The number of β-lactam (4-membered cyclic amide) rings is 1. The van der Waals surface area contributed by atoms with Gasteiger partial charge in [-0.15, -0.1) is 27.8 Å². The van der Waals surface area contributed by atoms with Crippen molar-refractivity contribution in [3.05, 3.63) is 57.4 Å². The van der Waals surface area contributed by atoms with Crippen LogP contribution in [0.15, 0.2) is 45.2 Å². The highest BCUT2D eigenvalue weighted by molar-refractivity contribution is 8.01. The van der Waals surface area contributed by atoms with Crippen molar-refractivity contribution in [2.45, 2.75) is 41.9 Å². The van der Waals surface area contributed by atoms with Crippen LogP contribution in [0.4, 0.5) is 10.9 Å². The van der Waals surface area contributed by atoms with Gasteiger partial charge < -0.3 is 46.8 Å². The average molecular weight is 730 g/mol. The molecule has 18 nitrogen and oxygen atoms in total. The van der Waals surface area contributed by atoms with Crippen LogP contribution in [0.25, 0.3) is 0 Å². The van der Waals surface area contributed by atoms with Crippen LogP contribution < -0.4 is 32.4 Å². The number of nitrogens with one attached hydrogen (secondary N) is 1. The Morgan fingerprint density at radius 3 is 2.67 bits per heavy atom. The number of rotatable bonds is 11. The van der Waals surface area contributed by atoms with Crippen molar-refractivity contribution in [3.8, 4) is 11.5 Å². The summed E-state index contributed by atoms with van der Waals surface area (Å²) in [5.41, 5.74) is 12.9. The summed E-state index contributed by atoms with van der Waals surface area (Å²) in [5.74, 6) is 0.981. The number of thioether (sulfide) groups is 2. The van der Waals surface area contributed by atoms with Crippen LogP contribution in [0.1, 0.15) is 35.0 Å². The second-order valence-corrected chi connectivity index (χ2v) is 13.8. The van der Waals surface area contributed by atoms with E-state index in [9.17, 15) is 39.6 Å².